The Balaban J connectivity index is 2.03. The van der Waals surface area contributed by atoms with E-state index in [9.17, 15) is 0 Å². The highest BCUT2D eigenvalue weighted by Crippen LogP contribution is 2.31. The Morgan fingerprint density at radius 3 is 2.29 bits per heavy atom. The molecule has 0 saturated carbocycles. The van der Waals surface area contributed by atoms with Crippen molar-refractivity contribution in [1.29, 1.82) is 0 Å². The van der Waals surface area contributed by atoms with E-state index >= 15 is 0 Å². The third kappa shape index (κ3) is 3.78. The zero-order valence-electron chi connectivity index (χ0n) is 12.6. The summed E-state index contributed by atoms with van der Waals surface area (Å²) in [5.41, 5.74) is 2.98. The number of pyridine rings is 1. The second-order valence-electron chi connectivity index (χ2n) is 5.05. The molecule has 121 valence electrons. The summed E-state index contributed by atoms with van der Waals surface area (Å²) in [6.45, 7) is 5.89. The van der Waals surface area contributed by atoms with Crippen LogP contribution in [0.3, 0.4) is 0 Å². The van der Waals surface area contributed by atoms with Gasteiger partial charge in [0.05, 0.1) is 5.69 Å². The summed E-state index contributed by atoms with van der Waals surface area (Å²) in [6.07, 6.45) is 0. The molecule has 0 spiro atoms. The van der Waals surface area contributed by atoms with Crippen LogP contribution in [0.1, 0.15) is 11.1 Å². The summed E-state index contributed by atoms with van der Waals surface area (Å²) in [4.78, 5) is 4.52. The van der Waals surface area contributed by atoms with Gasteiger partial charge in [0.2, 0.25) is 11.8 Å². The average molecular weight is 380 g/mol. The molecule has 2 aromatic heterocycles. The van der Waals surface area contributed by atoms with Crippen molar-refractivity contribution < 1.29 is 4.74 Å². The molecule has 0 atom stereocenters. The molecule has 3 aromatic rings. The van der Waals surface area contributed by atoms with Crippen LogP contribution in [0.15, 0.2) is 36.4 Å². The molecule has 0 amide bonds. The van der Waals surface area contributed by atoms with Crippen LogP contribution in [0.25, 0.3) is 11.3 Å². The van der Waals surface area contributed by atoms with E-state index in [4.69, 9.17) is 39.5 Å². The predicted molar refractivity (Wildman–Crippen MR) is 96.0 cm³/mol. The minimum absolute atomic E-state index is 0.284. The maximum absolute atomic E-state index is 6.07. The van der Waals surface area contributed by atoms with Crippen LogP contribution in [0.4, 0.5) is 0 Å². The Kier molecular flexibility index (Phi) is 4.90. The van der Waals surface area contributed by atoms with Crippen molar-refractivity contribution >= 4 is 34.8 Å². The number of hydrogen-bond donors (Lipinski definition) is 0. The second-order valence-corrected chi connectivity index (χ2v) is 6.31. The van der Waals surface area contributed by atoms with Gasteiger partial charge in [-0.25, -0.2) is 4.98 Å². The van der Waals surface area contributed by atoms with Crippen molar-refractivity contribution in [2.75, 3.05) is 0 Å². The van der Waals surface area contributed by atoms with Gasteiger partial charge in [-0.2, -0.15) is 0 Å². The van der Waals surface area contributed by atoms with Crippen LogP contribution in [-0.4, -0.2) is 15.2 Å². The molecular formula is C17H11Cl3N3O. The van der Waals surface area contributed by atoms with Crippen LogP contribution in [-0.2, 0) is 0 Å². The molecule has 0 aliphatic carbocycles. The number of aromatic nitrogens is 3. The Labute approximate surface area is 154 Å². The fourth-order valence-electron chi connectivity index (χ4n) is 2.04. The number of hydrogen-bond acceptors (Lipinski definition) is 4. The van der Waals surface area contributed by atoms with E-state index in [1.807, 2.05) is 13.0 Å². The molecule has 0 bridgehead atoms. The van der Waals surface area contributed by atoms with Crippen molar-refractivity contribution in [3.05, 3.63) is 69.6 Å². The standard InChI is InChI=1S/C17H11Cl3N3O/c1-9-5-14(11-6-12(18)8-13(19)7-11)21-17(10(9)2)24-16-4-3-15(20)22-23-16/h3-8H,1H2,2H3. The van der Waals surface area contributed by atoms with Gasteiger partial charge in [-0.1, -0.05) is 34.8 Å². The fraction of sp³-hybridized carbons (Fsp3) is 0.0588. The lowest BCUT2D eigenvalue weighted by molar-refractivity contribution is 0.434. The van der Waals surface area contributed by atoms with E-state index in [1.165, 1.54) is 0 Å². The third-order valence-electron chi connectivity index (χ3n) is 3.30. The first-order valence-electron chi connectivity index (χ1n) is 6.89. The Morgan fingerprint density at radius 1 is 0.958 bits per heavy atom. The van der Waals surface area contributed by atoms with Gasteiger partial charge in [-0.3, -0.25) is 0 Å². The summed E-state index contributed by atoms with van der Waals surface area (Å²) in [5.74, 6) is 0.667. The van der Waals surface area contributed by atoms with Gasteiger partial charge in [0.1, 0.15) is 0 Å². The quantitative estimate of drug-likeness (QED) is 0.578. The van der Waals surface area contributed by atoms with Crippen molar-refractivity contribution in [2.45, 2.75) is 6.92 Å². The van der Waals surface area contributed by atoms with Crippen LogP contribution in [0, 0.1) is 13.8 Å². The molecule has 1 aromatic carbocycles. The first kappa shape index (κ1) is 17.0. The van der Waals surface area contributed by atoms with Gasteiger partial charge < -0.3 is 4.74 Å². The van der Waals surface area contributed by atoms with E-state index in [2.05, 4.69) is 22.1 Å². The van der Waals surface area contributed by atoms with E-state index < -0.39 is 0 Å². The predicted octanol–water partition coefficient (Wildman–Crippen LogP) is 5.78. The monoisotopic (exact) mass is 378 g/mol. The van der Waals surface area contributed by atoms with Crippen LogP contribution >= 0.6 is 34.8 Å². The summed E-state index contributed by atoms with van der Waals surface area (Å²) in [5, 5.41) is 8.95. The van der Waals surface area contributed by atoms with Gasteiger partial charge in [0, 0.05) is 27.2 Å². The normalized spacial score (nSPS) is 10.7. The van der Waals surface area contributed by atoms with Crippen LogP contribution < -0.4 is 4.74 Å². The molecule has 3 rings (SSSR count). The zero-order chi connectivity index (χ0) is 17.3. The molecule has 0 aliphatic rings. The van der Waals surface area contributed by atoms with Crippen molar-refractivity contribution in [1.82, 2.24) is 15.2 Å². The lowest BCUT2D eigenvalue weighted by Gasteiger charge is -2.12. The van der Waals surface area contributed by atoms with E-state index in [0.717, 1.165) is 16.7 Å². The molecule has 0 N–H and O–H groups in total. The third-order valence-corrected chi connectivity index (χ3v) is 3.94. The minimum Gasteiger partial charge on any atom is -0.419 e. The molecule has 0 fully saturated rings. The van der Waals surface area contributed by atoms with Crippen molar-refractivity contribution in [3.8, 4) is 23.0 Å². The van der Waals surface area contributed by atoms with E-state index in [0.29, 0.717) is 21.6 Å². The molecule has 7 heteroatoms. The highest BCUT2D eigenvalue weighted by atomic mass is 35.5. The van der Waals surface area contributed by atoms with Gasteiger partial charge in [-0.05, 0) is 49.7 Å². The number of ether oxygens (including phenoxy) is 1. The summed E-state index contributed by atoms with van der Waals surface area (Å²) < 4.78 is 5.72. The van der Waals surface area contributed by atoms with Crippen LogP contribution in [0.2, 0.25) is 15.2 Å². The topological polar surface area (TPSA) is 47.9 Å². The number of halogens is 3. The van der Waals surface area contributed by atoms with Crippen molar-refractivity contribution in [2.24, 2.45) is 0 Å². The largest absolute Gasteiger partial charge is 0.419 e. The van der Waals surface area contributed by atoms with Gasteiger partial charge in [0.25, 0.3) is 0 Å². The molecule has 24 heavy (non-hydrogen) atoms. The maximum Gasteiger partial charge on any atom is 0.240 e. The SMILES string of the molecule is [CH2]c1cc(-c2cc(Cl)cc(Cl)c2)nc(Oc2ccc(Cl)nn2)c1C. The highest BCUT2D eigenvalue weighted by molar-refractivity contribution is 6.35. The highest BCUT2D eigenvalue weighted by Gasteiger charge is 2.12. The van der Waals surface area contributed by atoms with E-state index in [-0.39, 0.29) is 11.0 Å². The van der Waals surface area contributed by atoms with Gasteiger partial charge in [-0.15, -0.1) is 10.2 Å². The lowest BCUT2D eigenvalue weighted by Crippen LogP contribution is -1.98. The molecule has 0 unspecified atom stereocenters. The molecule has 0 aliphatic heterocycles. The van der Waals surface area contributed by atoms with Crippen molar-refractivity contribution in [3.63, 3.8) is 0 Å². The maximum atomic E-state index is 6.07. The Morgan fingerprint density at radius 2 is 1.67 bits per heavy atom. The molecule has 1 radical (unpaired) electrons. The average Bonchev–Trinajstić information content (AvgIpc) is 2.52. The van der Waals surface area contributed by atoms with E-state index in [1.54, 1.807) is 30.3 Å². The number of nitrogens with zero attached hydrogens (tertiary/aromatic N) is 3. The molecule has 2 heterocycles. The molecule has 0 saturated heterocycles. The summed E-state index contributed by atoms with van der Waals surface area (Å²) in [6, 6.07) is 10.3. The van der Waals surface area contributed by atoms with Gasteiger partial charge in [0.15, 0.2) is 5.15 Å². The number of benzene rings is 1. The summed E-state index contributed by atoms with van der Waals surface area (Å²) >= 11 is 17.9. The smallest absolute Gasteiger partial charge is 0.240 e. The van der Waals surface area contributed by atoms with Gasteiger partial charge >= 0.3 is 0 Å². The van der Waals surface area contributed by atoms with Crippen LogP contribution in [0.5, 0.6) is 11.8 Å². The fourth-order valence-corrected chi connectivity index (χ4v) is 2.67. The summed E-state index contributed by atoms with van der Waals surface area (Å²) in [7, 11) is 0. The number of rotatable bonds is 3. The lowest BCUT2D eigenvalue weighted by atomic mass is 10.1. The minimum atomic E-state index is 0.284. The first-order chi connectivity index (χ1) is 11.4. The molecular weight excluding hydrogens is 369 g/mol. The Hall–Kier alpha value is -1.88. The molecule has 4 nitrogen and oxygen atoms in total. The zero-order valence-corrected chi connectivity index (χ0v) is 14.8. The first-order valence-corrected chi connectivity index (χ1v) is 8.03. The second kappa shape index (κ2) is 6.93. The Bertz CT molecular complexity index is 878.